The summed E-state index contributed by atoms with van der Waals surface area (Å²) in [5.41, 5.74) is 7.05. The van der Waals surface area contributed by atoms with Crippen molar-refractivity contribution in [2.45, 2.75) is 20.3 Å². The largest absolute Gasteiger partial charge is 0.280 e. The Balaban J connectivity index is 1.62. The number of fused-ring (bicyclic) bond motifs is 3. The molecule has 0 aliphatic rings. The fourth-order valence-electron chi connectivity index (χ4n) is 3.96. The first-order valence-corrected chi connectivity index (χ1v) is 10.5. The molecule has 0 fully saturated rings. The van der Waals surface area contributed by atoms with Gasteiger partial charge in [-0.1, -0.05) is 37.3 Å². The Kier molecular flexibility index (Phi) is 4.97. The van der Waals surface area contributed by atoms with Crippen LogP contribution in [0.4, 0.5) is 4.39 Å². The molecule has 0 bridgehead atoms. The minimum atomic E-state index is -0.416. The highest BCUT2D eigenvalue weighted by molar-refractivity contribution is 6.01. The summed E-state index contributed by atoms with van der Waals surface area (Å²) < 4.78 is 16.2. The summed E-state index contributed by atoms with van der Waals surface area (Å²) >= 11 is 0. The number of pyridine rings is 1. The highest BCUT2D eigenvalue weighted by Gasteiger charge is 2.18. The van der Waals surface area contributed by atoms with Gasteiger partial charge in [-0.05, 0) is 48.7 Å². The average molecular weight is 441 g/mol. The first-order valence-electron chi connectivity index (χ1n) is 10.5. The van der Waals surface area contributed by atoms with Gasteiger partial charge in [-0.3, -0.25) is 15.0 Å². The number of hydrogen-bond acceptors (Lipinski definition) is 4. The molecule has 0 aliphatic heterocycles. The lowest BCUT2D eigenvalue weighted by Gasteiger charge is -2.11. The molecule has 8 heteroatoms. The molecule has 0 unspecified atom stereocenters. The molecule has 33 heavy (non-hydrogen) atoms. The van der Waals surface area contributed by atoms with Crippen LogP contribution >= 0.6 is 0 Å². The summed E-state index contributed by atoms with van der Waals surface area (Å²) in [5.74, 6) is -0.700. The molecule has 0 aliphatic carbocycles. The van der Waals surface area contributed by atoms with Crippen LogP contribution < -0.4 is 11.0 Å². The zero-order valence-corrected chi connectivity index (χ0v) is 18.0. The van der Waals surface area contributed by atoms with E-state index in [1.165, 1.54) is 24.5 Å². The molecule has 0 radical (unpaired) electrons. The molecule has 3 heterocycles. The number of aryl methyl sites for hydroxylation is 2. The number of benzene rings is 2. The first-order chi connectivity index (χ1) is 16.0. The maximum Gasteiger partial charge on any atom is 0.280 e. The average Bonchev–Trinajstić information content (AvgIpc) is 3.20. The Morgan fingerprint density at radius 3 is 2.58 bits per heavy atom. The van der Waals surface area contributed by atoms with E-state index in [1.807, 2.05) is 26.0 Å². The molecule has 7 nitrogen and oxygen atoms in total. The lowest BCUT2D eigenvalue weighted by atomic mass is 10.0. The maximum absolute atomic E-state index is 13.4. The fourth-order valence-corrected chi connectivity index (χ4v) is 3.96. The van der Waals surface area contributed by atoms with E-state index in [0.29, 0.717) is 28.5 Å². The fraction of sp³-hybridized carbons (Fsp3) is 0.120. The third kappa shape index (κ3) is 3.45. The second-order valence-corrected chi connectivity index (χ2v) is 7.72. The van der Waals surface area contributed by atoms with Crippen LogP contribution in [0.3, 0.4) is 0 Å². The van der Waals surface area contributed by atoms with E-state index in [1.54, 1.807) is 34.8 Å². The Morgan fingerprint density at radius 1 is 1.09 bits per heavy atom. The molecule has 3 aromatic heterocycles. The number of halogens is 1. The van der Waals surface area contributed by atoms with Crippen LogP contribution in [0.2, 0.25) is 0 Å². The second kappa shape index (κ2) is 7.98. The van der Waals surface area contributed by atoms with Gasteiger partial charge in [0.2, 0.25) is 0 Å². The van der Waals surface area contributed by atoms with Gasteiger partial charge in [-0.15, -0.1) is 0 Å². The minimum absolute atomic E-state index is 0.311. The van der Waals surface area contributed by atoms with Crippen LogP contribution in [0.1, 0.15) is 28.5 Å². The zero-order valence-electron chi connectivity index (χ0n) is 18.0. The van der Waals surface area contributed by atoms with Crippen LogP contribution in [-0.4, -0.2) is 25.2 Å². The predicted octanol–water partition coefficient (Wildman–Crippen LogP) is 4.11. The molecule has 5 aromatic rings. The van der Waals surface area contributed by atoms with Gasteiger partial charge in [0.15, 0.2) is 5.65 Å². The van der Waals surface area contributed by atoms with Gasteiger partial charge in [0, 0.05) is 23.5 Å². The van der Waals surface area contributed by atoms with E-state index in [-0.39, 0.29) is 11.7 Å². The van der Waals surface area contributed by atoms with Crippen LogP contribution in [-0.2, 0) is 6.42 Å². The normalized spacial score (nSPS) is 11.2. The van der Waals surface area contributed by atoms with Crippen molar-refractivity contribution >= 4 is 22.5 Å². The predicted molar refractivity (Wildman–Crippen MR) is 124 cm³/mol. The van der Waals surface area contributed by atoms with Gasteiger partial charge in [-0.2, -0.15) is 5.10 Å². The number of carbonyl (C=O) groups is 1. The van der Waals surface area contributed by atoms with Crippen LogP contribution in [0, 0.1) is 12.7 Å². The Morgan fingerprint density at radius 2 is 1.85 bits per heavy atom. The van der Waals surface area contributed by atoms with Crippen molar-refractivity contribution < 1.29 is 9.18 Å². The smallest absolute Gasteiger partial charge is 0.267 e. The number of amides is 1. The zero-order chi connectivity index (χ0) is 23.1. The number of aromatic nitrogens is 4. The third-order valence-corrected chi connectivity index (χ3v) is 5.66. The number of nitrogens with zero attached hydrogens (tertiary/aromatic N) is 4. The monoisotopic (exact) mass is 441 g/mol. The molecular weight excluding hydrogens is 421 g/mol. The number of rotatable bonds is 4. The highest BCUT2D eigenvalue weighted by atomic mass is 19.1. The van der Waals surface area contributed by atoms with Gasteiger partial charge < -0.3 is 0 Å². The van der Waals surface area contributed by atoms with Gasteiger partial charge in [0.25, 0.3) is 11.5 Å². The Hall–Kier alpha value is -4.33. The van der Waals surface area contributed by atoms with E-state index in [2.05, 4.69) is 15.5 Å². The standard InChI is InChI=1S/C25H20FN5O2/c1-3-20-22(16-8-10-17(26)11-9-16)23-27-14-19-21(31(23)28-20)12-13-30(25(19)33)29-24(32)18-7-5-4-6-15(18)2/h4-14H,3H2,1-2H3,(H,29,32). The Bertz CT molecular complexity index is 1590. The topological polar surface area (TPSA) is 81.3 Å². The van der Waals surface area contributed by atoms with Crippen LogP contribution in [0.15, 0.2) is 71.8 Å². The molecule has 2 aromatic carbocycles. The molecule has 1 N–H and O–H groups in total. The van der Waals surface area contributed by atoms with E-state index in [0.717, 1.165) is 27.1 Å². The van der Waals surface area contributed by atoms with Crippen molar-refractivity contribution in [3.05, 3.63) is 100.0 Å². The summed E-state index contributed by atoms with van der Waals surface area (Å²) in [7, 11) is 0. The van der Waals surface area contributed by atoms with Crippen molar-refractivity contribution in [2.24, 2.45) is 0 Å². The van der Waals surface area contributed by atoms with E-state index >= 15 is 0 Å². The molecule has 0 saturated carbocycles. The molecule has 0 atom stereocenters. The van der Waals surface area contributed by atoms with Crippen molar-refractivity contribution in [3.63, 3.8) is 0 Å². The molecule has 0 spiro atoms. The van der Waals surface area contributed by atoms with Gasteiger partial charge in [0.05, 0.1) is 16.6 Å². The molecular formula is C25H20FN5O2. The SMILES string of the molecule is CCc1nn2c(ncc3c(=O)n(NC(=O)c4ccccc4C)ccc32)c1-c1ccc(F)cc1. The lowest BCUT2D eigenvalue weighted by Crippen LogP contribution is -2.33. The van der Waals surface area contributed by atoms with Gasteiger partial charge in [0.1, 0.15) is 5.82 Å². The number of hydrogen-bond donors (Lipinski definition) is 1. The number of nitrogens with one attached hydrogen (secondary N) is 1. The van der Waals surface area contributed by atoms with Crippen LogP contribution in [0.5, 0.6) is 0 Å². The van der Waals surface area contributed by atoms with E-state index in [9.17, 15) is 14.0 Å². The van der Waals surface area contributed by atoms with E-state index < -0.39 is 5.56 Å². The van der Waals surface area contributed by atoms with E-state index in [4.69, 9.17) is 0 Å². The molecule has 164 valence electrons. The lowest BCUT2D eigenvalue weighted by molar-refractivity contribution is 0.101. The molecule has 5 rings (SSSR count). The quantitative estimate of drug-likeness (QED) is 0.455. The van der Waals surface area contributed by atoms with Crippen LogP contribution in [0.25, 0.3) is 27.7 Å². The number of carbonyl (C=O) groups excluding carboxylic acids is 1. The van der Waals surface area contributed by atoms with Gasteiger partial charge >= 0.3 is 0 Å². The highest BCUT2D eigenvalue weighted by Crippen LogP contribution is 2.29. The summed E-state index contributed by atoms with van der Waals surface area (Å²) in [4.78, 5) is 30.3. The molecule has 0 saturated heterocycles. The Labute approximate surface area is 188 Å². The second-order valence-electron chi connectivity index (χ2n) is 7.72. The van der Waals surface area contributed by atoms with Crippen molar-refractivity contribution in [2.75, 3.05) is 5.43 Å². The summed E-state index contributed by atoms with van der Waals surface area (Å²) in [6, 6.07) is 15.0. The third-order valence-electron chi connectivity index (χ3n) is 5.66. The summed E-state index contributed by atoms with van der Waals surface area (Å²) in [5, 5.41) is 4.98. The van der Waals surface area contributed by atoms with Gasteiger partial charge in [-0.25, -0.2) is 18.6 Å². The first kappa shape index (κ1) is 20.6. The van der Waals surface area contributed by atoms with Crippen molar-refractivity contribution in [3.8, 4) is 11.1 Å². The summed E-state index contributed by atoms with van der Waals surface area (Å²) in [6.07, 6.45) is 3.63. The summed E-state index contributed by atoms with van der Waals surface area (Å²) in [6.45, 7) is 3.81. The van der Waals surface area contributed by atoms with Crippen molar-refractivity contribution in [1.82, 2.24) is 19.3 Å². The molecule has 1 amide bonds. The maximum atomic E-state index is 13.4. The minimum Gasteiger partial charge on any atom is -0.267 e. The van der Waals surface area contributed by atoms with Crippen molar-refractivity contribution in [1.29, 1.82) is 0 Å².